The number of carbonyl (C=O) groups excluding carboxylic acids is 2. The molecule has 2 fully saturated rings. The van der Waals surface area contributed by atoms with Gasteiger partial charge in [-0.15, -0.1) is 0 Å². The Kier molecular flexibility index (Phi) is 4.66. The average molecular weight is 308 g/mol. The van der Waals surface area contributed by atoms with Gasteiger partial charge in [-0.1, -0.05) is 25.5 Å². The SMILES string of the molecule is CC(C)=C[C@H]1[C@@H](C(=O)NCC2(C(N)=O)CCOCC2)C1(C)C. The first-order chi connectivity index (χ1) is 10.2. The van der Waals surface area contributed by atoms with E-state index in [1.807, 2.05) is 13.8 Å². The maximum atomic E-state index is 12.5. The van der Waals surface area contributed by atoms with Crippen LogP contribution in [0.1, 0.15) is 40.5 Å². The van der Waals surface area contributed by atoms with E-state index in [4.69, 9.17) is 10.5 Å². The van der Waals surface area contributed by atoms with Crippen molar-refractivity contribution in [1.82, 2.24) is 5.32 Å². The summed E-state index contributed by atoms with van der Waals surface area (Å²) in [6.07, 6.45) is 3.32. The zero-order valence-corrected chi connectivity index (χ0v) is 14.1. The third-order valence-corrected chi connectivity index (χ3v) is 5.28. The van der Waals surface area contributed by atoms with Crippen molar-refractivity contribution in [3.05, 3.63) is 11.6 Å². The number of carbonyl (C=O) groups is 2. The fraction of sp³-hybridized carbons (Fsp3) is 0.765. The molecule has 1 heterocycles. The van der Waals surface area contributed by atoms with Gasteiger partial charge < -0.3 is 15.8 Å². The second-order valence-corrected chi connectivity index (χ2v) is 7.54. The smallest absolute Gasteiger partial charge is 0.225 e. The molecule has 1 saturated carbocycles. The Labute approximate surface area is 132 Å². The standard InChI is InChI=1S/C17H28N2O3/c1-11(2)9-12-13(16(12,3)4)14(20)19-10-17(15(18)21)5-7-22-8-6-17/h9,12-13H,5-8,10H2,1-4H3,(H2,18,21)(H,19,20)/t12-,13-/m0/s1. The minimum atomic E-state index is -0.654. The Morgan fingerprint density at radius 2 is 1.86 bits per heavy atom. The maximum absolute atomic E-state index is 12.5. The molecule has 0 aromatic rings. The lowest BCUT2D eigenvalue weighted by molar-refractivity contribution is -0.134. The fourth-order valence-electron chi connectivity index (χ4n) is 3.49. The highest BCUT2D eigenvalue weighted by molar-refractivity contribution is 5.86. The van der Waals surface area contributed by atoms with E-state index in [2.05, 4.69) is 25.2 Å². The molecule has 0 aromatic heterocycles. The molecule has 2 aliphatic rings. The first-order valence-corrected chi connectivity index (χ1v) is 8.01. The van der Waals surface area contributed by atoms with Crippen LogP contribution in [0.3, 0.4) is 0 Å². The zero-order chi connectivity index (χ0) is 16.5. The summed E-state index contributed by atoms with van der Waals surface area (Å²) >= 11 is 0. The molecule has 22 heavy (non-hydrogen) atoms. The fourth-order valence-corrected chi connectivity index (χ4v) is 3.49. The first kappa shape index (κ1) is 17.0. The number of rotatable bonds is 5. The van der Waals surface area contributed by atoms with Crippen molar-refractivity contribution in [2.75, 3.05) is 19.8 Å². The van der Waals surface area contributed by atoms with E-state index in [9.17, 15) is 9.59 Å². The minimum absolute atomic E-state index is 0.0169. The largest absolute Gasteiger partial charge is 0.381 e. The number of primary amides is 1. The predicted octanol–water partition coefficient (Wildman–Crippen LogP) is 1.62. The van der Waals surface area contributed by atoms with Gasteiger partial charge in [-0.25, -0.2) is 0 Å². The van der Waals surface area contributed by atoms with Gasteiger partial charge in [-0.2, -0.15) is 0 Å². The number of hydrogen-bond donors (Lipinski definition) is 2. The monoisotopic (exact) mass is 308 g/mol. The van der Waals surface area contributed by atoms with Crippen molar-refractivity contribution in [3.63, 3.8) is 0 Å². The summed E-state index contributed by atoms with van der Waals surface area (Å²) in [5.74, 6) is -0.0597. The van der Waals surface area contributed by atoms with Crippen molar-refractivity contribution in [1.29, 1.82) is 0 Å². The van der Waals surface area contributed by atoms with Gasteiger partial charge in [0.25, 0.3) is 0 Å². The molecule has 5 nitrogen and oxygen atoms in total. The van der Waals surface area contributed by atoms with Crippen LogP contribution in [0.4, 0.5) is 0 Å². The van der Waals surface area contributed by atoms with Crippen LogP contribution in [-0.4, -0.2) is 31.6 Å². The molecule has 0 unspecified atom stereocenters. The molecule has 1 saturated heterocycles. The Morgan fingerprint density at radius 3 is 2.36 bits per heavy atom. The molecule has 5 heteroatoms. The summed E-state index contributed by atoms with van der Waals surface area (Å²) in [5.41, 5.74) is 6.13. The van der Waals surface area contributed by atoms with Crippen molar-refractivity contribution in [3.8, 4) is 0 Å². The van der Waals surface area contributed by atoms with Gasteiger partial charge in [0.2, 0.25) is 11.8 Å². The van der Waals surface area contributed by atoms with Gasteiger partial charge in [0.15, 0.2) is 0 Å². The van der Waals surface area contributed by atoms with Crippen LogP contribution >= 0.6 is 0 Å². The van der Waals surface area contributed by atoms with E-state index < -0.39 is 5.41 Å². The summed E-state index contributed by atoms with van der Waals surface area (Å²) in [5, 5.41) is 2.97. The quantitative estimate of drug-likeness (QED) is 0.757. The molecule has 0 spiro atoms. The predicted molar refractivity (Wildman–Crippen MR) is 84.9 cm³/mol. The van der Waals surface area contributed by atoms with E-state index in [0.717, 1.165) is 0 Å². The lowest BCUT2D eigenvalue weighted by Gasteiger charge is -2.34. The molecule has 2 rings (SSSR count). The topological polar surface area (TPSA) is 81.4 Å². The van der Waals surface area contributed by atoms with Crippen LogP contribution in [0.5, 0.6) is 0 Å². The van der Waals surface area contributed by atoms with Gasteiger partial charge >= 0.3 is 0 Å². The Bertz CT molecular complexity index is 486. The molecule has 0 radical (unpaired) electrons. The number of amides is 2. The Hall–Kier alpha value is -1.36. The number of hydrogen-bond acceptors (Lipinski definition) is 3. The number of allylic oxidation sites excluding steroid dienone is 2. The summed E-state index contributed by atoms with van der Waals surface area (Å²) in [6.45, 7) is 9.68. The Balaban J connectivity index is 1.98. The highest BCUT2D eigenvalue weighted by Gasteiger charge is 2.60. The summed E-state index contributed by atoms with van der Waals surface area (Å²) in [7, 11) is 0. The van der Waals surface area contributed by atoms with Gasteiger partial charge in [0.1, 0.15) is 0 Å². The number of nitrogens with two attached hydrogens (primary N) is 1. The maximum Gasteiger partial charge on any atom is 0.225 e. The summed E-state index contributed by atoms with van der Waals surface area (Å²) in [6, 6.07) is 0. The van der Waals surface area contributed by atoms with E-state index in [1.54, 1.807) is 0 Å². The minimum Gasteiger partial charge on any atom is -0.381 e. The summed E-state index contributed by atoms with van der Waals surface area (Å²) in [4.78, 5) is 24.3. The van der Waals surface area contributed by atoms with Crippen LogP contribution in [0.25, 0.3) is 0 Å². The first-order valence-electron chi connectivity index (χ1n) is 8.01. The third-order valence-electron chi connectivity index (χ3n) is 5.28. The number of nitrogens with one attached hydrogen (secondary N) is 1. The van der Waals surface area contributed by atoms with Gasteiger partial charge in [0, 0.05) is 19.8 Å². The van der Waals surface area contributed by atoms with E-state index in [-0.39, 0.29) is 29.1 Å². The summed E-state index contributed by atoms with van der Waals surface area (Å²) < 4.78 is 5.31. The molecule has 2 amide bonds. The Morgan fingerprint density at radius 1 is 1.27 bits per heavy atom. The molecular weight excluding hydrogens is 280 g/mol. The van der Waals surface area contributed by atoms with Crippen molar-refractivity contribution < 1.29 is 14.3 Å². The van der Waals surface area contributed by atoms with Crippen LogP contribution in [0.2, 0.25) is 0 Å². The lowest BCUT2D eigenvalue weighted by atomic mass is 9.79. The molecular formula is C17H28N2O3. The van der Waals surface area contributed by atoms with E-state index in [1.165, 1.54) is 5.57 Å². The van der Waals surface area contributed by atoms with Crippen molar-refractivity contribution in [2.45, 2.75) is 40.5 Å². The van der Waals surface area contributed by atoms with Gasteiger partial charge in [-0.3, -0.25) is 9.59 Å². The second-order valence-electron chi connectivity index (χ2n) is 7.54. The van der Waals surface area contributed by atoms with Crippen molar-refractivity contribution in [2.24, 2.45) is 28.4 Å². The zero-order valence-electron chi connectivity index (χ0n) is 14.1. The molecule has 0 bridgehead atoms. The van der Waals surface area contributed by atoms with Crippen LogP contribution in [0, 0.1) is 22.7 Å². The van der Waals surface area contributed by atoms with Crippen LogP contribution in [0.15, 0.2) is 11.6 Å². The molecule has 124 valence electrons. The molecule has 1 aliphatic carbocycles. The van der Waals surface area contributed by atoms with Gasteiger partial charge in [-0.05, 0) is 38.0 Å². The molecule has 2 atom stereocenters. The molecule has 0 aromatic carbocycles. The van der Waals surface area contributed by atoms with E-state index in [0.29, 0.717) is 32.6 Å². The van der Waals surface area contributed by atoms with Crippen LogP contribution in [-0.2, 0) is 14.3 Å². The highest BCUT2D eigenvalue weighted by atomic mass is 16.5. The normalized spacial score (nSPS) is 28.5. The van der Waals surface area contributed by atoms with E-state index >= 15 is 0 Å². The molecule has 3 N–H and O–H groups in total. The van der Waals surface area contributed by atoms with Crippen molar-refractivity contribution >= 4 is 11.8 Å². The third kappa shape index (κ3) is 3.19. The lowest BCUT2D eigenvalue weighted by Crippen LogP contribution is -2.50. The number of ether oxygens (including phenoxy) is 1. The second kappa shape index (κ2) is 6.03. The average Bonchev–Trinajstić information content (AvgIpc) is 2.97. The molecule has 1 aliphatic heterocycles. The van der Waals surface area contributed by atoms with Crippen LogP contribution < -0.4 is 11.1 Å². The highest BCUT2D eigenvalue weighted by Crippen LogP contribution is 2.59. The van der Waals surface area contributed by atoms with Gasteiger partial charge in [0.05, 0.1) is 11.3 Å².